The first-order valence-electron chi connectivity index (χ1n) is 10.7. The number of halogens is 2. The van der Waals surface area contributed by atoms with Crippen LogP contribution in [-0.2, 0) is 23.4 Å². The van der Waals surface area contributed by atoms with Crippen LogP contribution in [0.15, 0.2) is 60.7 Å². The lowest BCUT2D eigenvalue weighted by molar-refractivity contribution is -0.0990. The molecular weight excluding hydrogens is 447 g/mol. The number of nitrogens with one attached hydrogen (secondary N) is 2. The third-order valence-electron chi connectivity index (χ3n) is 5.90. The van der Waals surface area contributed by atoms with Crippen molar-refractivity contribution in [2.75, 3.05) is 13.7 Å². The Hall–Kier alpha value is -2.03. The minimum absolute atomic E-state index is 0. The molecule has 9 heteroatoms. The zero-order chi connectivity index (χ0) is 20.8. The van der Waals surface area contributed by atoms with E-state index in [4.69, 9.17) is 4.74 Å². The van der Waals surface area contributed by atoms with Gasteiger partial charge in [-0.2, -0.15) is 0 Å². The highest BCUT2D eigenvalue weighted by atomic mass is 35.5. The van der Waals surface area contributed by atoms with E-state index in [0.29, 0.717) is 0 Å². The van der Waals surface area contributed by atoms with E-state index in [1.54, 1.807) is 7.11 Å². The average molecular weight is 479 g/mol. The summed E-state index contributed by atoms with van der Waals surface area (Å²) in [5.74, 6) is 0.940. The molecule has 2 N–H and O–H groups in total. The molecule has 7 nitrogen and oxygen atoms in total. The van der Waals surface area contributed by atoms with Gasteiger partial charge in [0.15, 0.2) is 11.5 Å². The summed E-state index contributed by atoms with van der Waals surface area (Å²) in [6.45, 7) is 3.64. The molecule has 3 atom stereocenters. The van der Waals surface area contributed by atoms with Crippen LogP contribution in [0.2, 0.25) is 0 Å². The topological polar surface area (TPSA) is 76.9 Å². The highest BCUT2D eigenvalue weighted by molar-refractivity contribution is 5.85. The lowest BCUT2D eigenvalue weighted by Crippen LogP contribution is -2.63. The highest BCUT2D eigenvalue weighted by Crippen LogP contribution is 2.35. The summed E-state index contributed by atoms with van der Waals surface area (Å²) >= 11 is 0. The van der Waals surface area contributed by atoms with Crippen molar-refractivity contribution in [3.8, 4) is 0 Å². The number of piperidine rings is 1. The number of aryl methyl sites for hydroxylation is 1. The Bertz CT molecular complexity index is 927. The lowest BCUT2D eigenvalue weighted by atomic mass is 9.85. The van der Waals surface area contributed by atoms with Crippen molar-refractivity contribution >= 4 is 24.8 Å². The van der Waals surface area contributed by atoms with Crippen LogP contribution >= 0.6 is 24.8 Å². The molecule has 0 aliphatic carbocycles. The molecule has 1 unspecified atom stereocenters. The van der Waals surface area contributed by atoms with Crippen LogP contribution in [0, 0.1) is 0 Å². The standard InChI is InChI=1S/C23H30N6O.2ClH/c1-3-10-22-26-27-28-29(22)20-15-21(24-16-18-11-6-4-7-12-18)23(30-2,25-17-20)19-13-8-5-9-14-19;;/h4-9,11-14,20-21,24-25H,3,10,15-17H2,1-2H3;2*1H/t20?,21-,23+;;/m1../s1. The van der Waals surface area contributed by atoms with E-state index in [1.807, 2.05) is 16.8 Å². The third-order valence-corrected chi connectivity index (χ3v) is 5.90. The number of tetrazole rings is 1. The van der Waals surface area contributed by atoms with Crippen LogP contribution < -0.4 is 10.6 Å². The van der Waals surface area contributed by atoms with Crippen molar-refractivity contribution in [1.82, 2.24) is 30.8 Å². The molecule has 1 fully saturated rings. The quantitative estimate of drug-likeness (QED) is 0.514. The maximum atomic E-state index is 6.17. The molecule has 2 heterocycles. The molecule has 2 aromatic carbocycles. The fraction of sp³-hybridized carbons (Fsp3) is 0.435. The van der Waals surface area contributed by atoms with Gasteiger partial charge >= 0.3 is 0 Å². The zero-order valence-corrected chi connectivity index (χ0v) is 20.1. The normalized spacial score (nSPS) is 22.6. The second kappa shape index (κ2) is 12.3. The molecule has 1 aromatic heterocycles. The largest absolute Gasteiger partial charge is 0.358 e. The van der Waals surface area contributed by atoms with E-state index >= 15 is 0 Å². The first kappa shape index (κ1) is 26.2. The van der Waals surface area contributed by atoms with Gasteiger partial charge in [-0.3, -0.25) is 5.32 Å². The molecule has 0 radical (unpaired) electrons. The summed E-state index contributed by atoms with van der Waals surface area (Å²) in [4.78, 5) is 0. The van der Waals surface area contributed by atoms with Gasteiger partial charge in [0.05, 0.1) is 12.1 Å². The fourth-order valence-electron chi connectivity index (χ4n) is 4.37. The first-order chi connectivity index (χ1) is 14.8. The maximum absolute atomic E-state index is 6.17. The van der Waals surface area contributed by atoms with Crippen LogP contribution in [0.3, 0.4) is 0 Å². The Labute approximate surface area is 202 Å². The van der Waals surface area contributed by atoms with E-state index in [1.165, 1.54) is 5.56 Å². The number of hydrogen-bond donors (Lipinski definition) is 2. The van der Waals surface area contributed by atoms with Gasteiger partial charge in [0.25, 0.3) is 0 Å². The molecular formula is C23H32Cl2N6O. The predicted octanol–water partition coefficient (Wildman–Crippen LogP) is 3.66. The summed E-state index contributed by atoms with van der Waals surface area (Å²) in [6, 6.07) is 21.0. The Morgan fingerprint density at radius 2 is 1.78 bits per heavy atom. The van der Waals surface area contributed by atoms with E-state index in [-0.39, 0.29) is 36.9 Å². The van der Waals surface area contributed by atoms with Crippen LogP contribution in [0.1, 0.15) is 42.8 Å². The van der Waals surface area contributed by atoms with Crippen molar-refractivity contribution in [2.24, 2.45) is 0 Å². The summed E-state index contributed by atoms with van der Waals surface area (Å²) < 4.78 is 8.16. The fourth-order valence-corrected chi connectivity index (χ4v) is 4.37. The molecule has 174 valence electrons. The van der Waals surface area contributed by atoms with Crippen molar-refractivity contribution in [1.29, 1.82) is 0 Å². The van der Waals surface area contributed by atoms with Crippen LogP contribution in [-0.4, -0.2) is 39.9 Å². The number of aromatic nitrogens is 4. The van der Waals surface area contributed by atoms with Crippen LogP contribution in [0.5, 0.6) is 0 Å². The van der Waals surface area contributed by atoms with Gasteiger partial charge in [0.2, 0.25) is 0 Å². The Morgan fingerprint density at radius 3 is 2.44 bits per heavy atom. The first-order valence-corrected chi connectivity index (χ1v) is 10.7. The summed E-state index contributed by atoms with van der Waals surface area (Å²) in [7, 11) is 1.77. The lowest BCUT2D eigenvalue weighted by Gasteiger charge is -2.47. The van der Waals surface area contributed by atoms with Gasteiger partial charge < -0.3 is 10.1 Å². The van der Waals surface area contributed by atoms with Crippen LogP contribution in [0.4, 0.5) is 0 Å². The second-order valence-corrected chi connectivity index (χ2v) is 7.78. The number of nitrogens with zero attached hydrogens (tertiary/aromatic N) is 4. The van der Waals surface area contributed by atoms with Crippen molar-refractivity contribution < 1.29 is 4.74 Å². The number of hydrogen-bond acceptors (Lipinski definition) is 6. The van der Waals surface area contributed by atoms with Gasteiger partial charge in [-0.15, -0.1) is 29.9 Å². The molecule has 32 heavy (non-hydrogen) atoms. The van der Waals surface area contributed by atoms with Crippen molar-refractivity contribution in [2.45, 2.75) is 50.5 Å². The molecule has 0 bridgehead atoms. The number of rotatable bonds is 8. The molecule has 4 rings (SSSR count). The van der Waals surface area contributed by atoms with Gasteiger partial charge in [-0.1, -0.05) is 67.6 Å². The summed E-state index contributed by atoms with van der Waals surface area (Å²) in [5, 5.41) is 19.9. The predicted molar refractivity (Wildman–Crippen MR) is 130 cm³/mol. The zero-order valence-electron chi connectivity index (χ0n) is 18.5. The number of ether oxygens (including phenoxy) is 1. The molecule has 3 aromatic rings. The molecule has 0 amide bonds. The molecule has 1 aliphatic rings. The summed E-state index contributed by atoms with van der Waals surface area (Å²) in [5.41, 5.74) is 1.74. The van der Waals surface area contributed by atoms with Gasteiger partial charge in [-0.25, -0.2) is 4.68 Å². The maximum Gasteiger partial charge on any atom is 0.160 e. The SMILES string of the molecule is CCCc1nnnn1C1CN[C@](OC)(c2ccccc2)[C@H](NCc2ccccc2)C1.Cl.Cl. The average Bonchev–Trinajstić information content (AvgIpc) is 3.27. The number of benzene rings is 2. The smallest absolute Gasteiger partial charge is 0.160 e. The van der Waals surface area contributed by atoms with E-state index in [9.17, 15) is 0 Å². The number of methoxy groups -OCH3 is 1. The Kier molecular flexibility index (Phi) is 10.1. The molecule has 0 saturated carbocycles. The minimum atomic E-state index is -0.620. The van der Waals surface area contributed by atoms with E-state index in [2.05, 4.69) is 81.6 Å². The third kappa shape index (κ3) is 5.47. The van der Waals surface area contributed by atoms with Crippen molar-refractivity contribution in [3.63, 3.8) is 0 Å². The van der Waals surface area contributed by atoms with E-state index in [0.717, 1.165) is 43.7 Å². The Balaban J connectivity index is 0.00000181. The van der Waals surface area contributed by atoms with Crippen molar-refractivity contribution in [3.05, 3.63) is 77.6 Å². The van der Waals surface area contributed by atoms with Gasteiger partial charge in [0, 0.05) is 32.2 Å². The molecule has 1 aliphatic heterocycles. The second-order valence-electron chi connectivity index (χ2n) is 7.78. The monoisotopic (exact) mass is 478 g/mol. The van der Waals surface area contributed by atoms with Gasteiger partial charge in [0.1, 0.15) is 0 Å². The van der Waals surface area contributed by atoms with Crippen LogP contribution in [0.25, 0.3) is 0 Å². The van der Waals surface area contributed by atoms with Gasteiger partial charge in [-0.05, 0) is 28.8 Å². The highest BCUT2D eigenvalue weighted by Gasteiger charge is 2.46. The Morgan fingerprint density at radius 1 is 1.09 bits per heavy atom. The molecule has 0 spiro atoms. The molecule has 1 saturated heterocycles. The summed E-state index contributed by atoms with van der Waals surface area (Å²) in [6.07, 6.45) is 2.74. The van der Waals surface area contributed by atoms with E-state index < -0.39 is 5.72 Å². The minimum Gasteiger partial charge on any atom is -0.358 e.